The second-order valence-corrected chi connectivity index (χ2v) is 5.23. The minimum Gasteiger partial charge on any atom is -0.384 e. The highest BCUT2D eigenvalue weighted by atomic mass is 35.5. The van der Waals surface area contributed by atoms with E-state index in [0.29, 0.717) is 21.7 Å². The summed E-state index contributed by atoms with van der Waals surface area (Å²) < 4.78 is 0. The van der Waals surface area contributed by atoms with Gasteiger partial charge in [0, 0.05) is 21.7 Å². The van der Waals surface area contributed by atoms with E-state index >= 15 is 0 Å². The number of allylic oxidation sites excluding steroid dienone is 1. The van der Waals surface area contributed by atoms with Crippen LogP contribution in [0.4, 0.5) is 0 Å². The molecule has 3 rings (SSSR count). The Morgan fingerprint density at radius 1 is 0.905 bits per heavy atom. The Balaban J connectivity index is 2.02. The standard InChI is InChI=1S/C17H11ClO3/c18-11-7-5-10(6-8-11)16(20)14-9-15(19)12-3-1-2-4-13(12)17(14)21/h1-9,16,20H/t16-/m0/s1. The Hall–Kier alpha value is -2.23. The summed E-state index contributed by atoms with van der Waals surface area (Å²) in [6.07, 6.45) is 0.0660. The monoisotopic (exact) mass is 298 g/mol. The molecule has 3 nitrogen and oxygen atoms in total. The van der Waals surface area contributed by atoms with Crippen molar-refractivity contribution in [2.24, 2.45) is 0 Å². The Bertz CT molecular complexity index is 760. The number of benzene rings is 2. The zero-order valence-electron chi connectivity index (χ0n) is 10.9. The van der Waals surface area contributed by atoms with Crippen molar-refractivity contribution in [3.05, 3.63) is 81.9 Å². The van der Waals surface area contributed by atoms with Crippen molar-refractivity contribution in [2.45, 2.75) is 6.10 Å². The molecule has 0 bridgehead atoms. The number of halogens is 1. The van der Waals surface area contributed by atoms with Gasteiger partial charge in [-0.2, -0.15) is 0 Å². The maximum Gasteiger partial charge on any atom is 0.192 e. The predicted molar refractivity (Wildman–Crippen MR) is 79.6 cm³/mol. The van der Waals surface area contributed by atoms with E-state index < -0.39 is 6.10 Å². The molecule has 104 valence electrons. The van der Waals surface area contributed by atoms with E-state index in [9.17, 15) is 14.7 Å². The number of aliphatic hydroxyl groups is 1. The maximum atomic E-state index is 12.4. The first-order valence-corrected chi connectivity index (χ1v) is 6.79. The average Bonchev–Trinajstić information content (AvgIpc) is 2.51. The van der Waals surface area contributed by atoms with E-state index in [4.69, 9.17) is 11.6 Å². The molecule has 2 aromatic rings. The largest absolute Gasteiger partial charge is 0.384 e. The third kappa shape index (κ3) is 2.42. The van der Waals surface area contributed by atoms with E-state index in [0.717, 1.165) is 0 Å². The molecule has 4 heteroatoms. The number of rotatable bonds is 2. The molecule has 1 aliphatic carbocycles. The summed E-state index contributed by atoms with van der Waals surface area (Å²) in [7, 11) is 0. The second-order valence-electron chi connectivity index (χ2n) is 4.79. The SMILES string of the molecule is O=C1C=C([C@@H](O)c2ccc(Cl)cc2)C(=O)c2ccccc21. The summed E-state index contributed by atoms with van der Waals surface area (Å²) in [5, 5.41) is 10.9. The molecule has 1 atom stereocenters. The zero-order valence-corrected chi connectivity index (χ0v) is 11.7. The molecule has 0 amide bonds. The molecule has 0 radical (unpaired) electrons. The summed E-state index contributed by atoms with van der Waals surface area (Å²) in [6.45, 7) is 0. The second kappa shape index (κ2) is 5.28. The van der Waals surface area contributed by atoms with E-state index in [2.05, 4.69) is 0 Å². The molecule has 1 N–H and O–H groups in total. The molecular formula is C17H11ClO3. The average molecular weight is 299 g/mol. The number of hydrogen-bond donors (Lipinski definition) is 1. The molecule has 0 saturated carbocycles. The number of ketones is 2. The topological polar surface area (TPSA) is 54.4 Å². The Morgan fingerprint density at radius 2 is 1.52 bits per heavy atom. The summed E-state index contributed by atoms with van der Waals surface area (Å²) in [4.78, 5) is 24.5. The van der Waals surface area contributed by atoms with Crippen LogP contribution in [0.2, 0.25) is 5.02 Å². The summed E-state index contributed by atoms with van der Waals surface area (Å²) in [6, 6.07) is 13.1. The first-order chi connectivity index (χ1) is 10.1. The quantitative estimate of drug-likeness (QED) is 0.924. The van der Waals surface area contributed by atoms with Crippen LogP contribution in [-0.4, -0.2) is 16.7 Å². The van der Waals surface area contributed by atoms with E-state index in [-0.39, 0.29) is 17.1 Å². The molecule has 0 aliphatic heterocycles. The highest BCUT2D eigenvalue weighted by molar-refractivity contribution is 6.30. The van der Waals surface area contributed by atoms with Gasteiger partial charge in [0.15, 0.2) is 11.6 Å². The van der Waals surface area contributed by atoms with Gasteiger partial charge in [-0.25, -0.2) is 0 Å². The third-order valence-corrected chi connectivity index (χ3v) is 3.72. The van der Waals surface area contributed by atoms with Gasteiger partial charge >= 0.3 is 0 Å². The van der Waals surface area contributed by atoms with Gasteiger partial charge in [-0.05, 0) is 23.8 Å². The van der Waals surface area contributed by atoms with Crippen LogP contribution < -0.4 is 0 Å². The Labute approximate surface area is 126 Å². The number of carbonyl (C=O) groups excluding carboxylic acids is 2. The van der Waals surface area contributed by atoms with Gasteiger partial charge in [0.1, 0.15) is 6.10 Å². The van der Waals surface area contributed by atoms with Crippen molar-refractivity contribution >= 4 is 23.2 Å². The van der Waals surface area contributed by atoms with Crippen LogP contribution in [0.15, 0.2) is 60.2 Å². The van der Waals surface area contributed by atoms with E-state index in [1.807, 2.05) is 0 Å². The molecule has 0 heterocycles. The van der Waals surface area contributed by atoms with Crippen LogP contribution in [-0.2, 0) is 0 Å². The zero-order chi connectivity index (χ0) is 15.0. The Kier molecular flexibility index (Phi) is 3.45. The van der Waals surface area contributed by atoms with Crippen LogP contribution in [0.3, 0.4) is 0 Å². The lowest BCUT2D eigenvalue weighted by Gasteiger charge is -2.19. The van der Waals surface area contributed by atoms with Crippen molar-refractivity contribution in [2.75, 3.05) is 0 Å². The molecule has 1 aliphatic rings. The first-order valence-electron chi connectivity index (χ1n) is 6.41. The molecule has 0 saturated heterocycles. The molecule has 2 aromatic carbocycles. The lowest BCUT2D eigenvalue weighted by atomic mass is 9.85. The van der Waals surface area contributed by atoms with Crippen LogP contribution in [0.5, 0.6) is 0 Å². The van der Waals surface area contributed by atoms with Crippen molar-refractivity contribution in [3.8, 4) is 0 Å². The van der Waals surface area contributed by atoms with Crippen molar-refractivity contribution < 1.29 is 14.7 Å². The fourth-order valence-electron chi connectivity index (χ4n) is 2.36. The van der Waals surface area contributed by atoms with Gasteiger partial charge in [0.2, 0.25) is 0 Å². The number of aliphatic hydroxyl groups excluding tert-OH is 1. The highest BCUT2D eigenvalue weighted by Gasteiger charge is 2.29. The fraction of sp³-hybridized carbons (Fsp3) is 0.0588. The minimum absolute atomic E-state index is 0.0843. The van der Waals surface area contributed by atoms with Gasteiger partial charge in [-0.15, -0.1) is 0 Å². The number of hydrogen-bond acceptors (Lipinski definition) is 3. The number of fused-ring (bicyclic) bond motifs is 1. The molecule has 21 heavy (non-hydrogen) atoms. The van der Waals surface area contributed by atoms with Gasteiger partial charge in [-0.1, -0.05) is 48.0 Å². The normalized spacial score (nSPS) is 15.4. The van der Waals surface area contributed by atoms with Crippen molar-refractivity contribution in [3.63, 3.8) is 0 Å². The van der Waals surface area contributed by atoms with E-state index in [1.54, 1.807) is 48.5 Å². The fourth-order valence-corrected chi connectivity index (χ4v) is 2.49. The number of carbonyl (C=O) groups is 2. The lowest BCUT2D eigenvalue weighted by molar-refractivity contribution is 0.0947. The molecule has 0 spiro atoms. The van der Waals surface area contributed by atoms with Crippen LogP contribution in [0, 0.1) is 0 Å². The molecular weight excluding hydrogens is 288 g/mol. The van der Waals surface area contributed by atoms with Crippen molar-refractivity contribution in [1.82, 2.24) is 0 Å². The minimum atomic E-state index is -1.15. The predicted octanol–water partition coefficient (Wildman–Crippen LogP) is 3.38. The molecule has 0 fully saturated rings. The van der Waals surface area contributed by atoms with Crippen LogP contribution in [0.1, 0.15) is 32.4 Å². The number of Topliss-reactive ketones (excluding diaryl/α,β-unsaturated/α-hetero) is 1. The van der Waals surface area contributed by atoms with Crippen LogP contribution in [0.25, 0.3) is 0 Å². The van der Waals surface area contributed by atoms with Gasteiger partial charge in [-0.3, -0.25) is 9.59 Å². The van der Waals surface area contributed by atoms with Crippen molar-refractivity contribution in [1.29, 1.82) is 0 Å². The first kappa shape index (κ1) is 13.7. The van der Waals surface area contributed by atoms with Crippen LogP contribution >= 0.6 is 11.6 Å². The molecule has 0 aromatic heterocycles. The van der Waals surface area contributed by atoms with Gasteiger partial charge in [0.25, 0.3) is 0 Å². The highest BCUT2D eigenvalue weighted by Crippen LogP contribution is 2.30. The third-order valence-electron chi connectivity index (χ3n) is 3.47. The summed E-state index contributed by atoms with van der Waals surface area (Å²) in [5.41, 5.74) is 1.30. The van der Waals surface area contributed by atoms with Gasteiger partial charge in [0.05, 0.1) is 0 Å². The Morgan fingerprint density at radius 3 is 2.19 bits per heavy atom. The summed E-state index contributed by atoms with van der Waals surface area (Å²) in [5.74, 6) is -0.596. The lowest BCUT2D eigenvalue weighted by Crippen LogP contribution is -2.21. The smallest absolute Gasteiger partial charge is 0.192 e. The summed E-state index contributed by atoms with van der Waals surface area (Å²) >= 11 is 5.80. The van der Waals surface area contributed by atoms with Gasteiger partial charge < -0.3 is 5.11 Å². The maximum absolute atomic E-state index is 12.4. The molecule has 0 unspecified atom stereocenters. The van der Waals surface area contributed by atoms with E-state index in [1.165, 1.54) is 6.08 Å².